The Labute approximate surface area is 136 Å². The average molecular weight is 311 g/mol. The van der Waals surface area contributed by atoms with Crippen molar-refractivity contribution in [1.29, 1.82) is 0 Å². The van der Waals surface area contributed by atoms with Crippen LogP contribution in [-0.2, 0) is 4.79 Å². The van der Waals surface area contributed by atoms with Crippen LogP contribution >= 0.6 is 0 Å². The number of anilines is 1. The molecule has 4 nitrogen and oxygen atoms in total. The highest BCUT2D eigenvalue weighted by molar-refractivity contribution is 5.91. The summed E-state index contributed by atoms with van der Waals surface area (Å²) >= 11 is 0. The standard InChI is InChI=1S/C19H21NO3/c1-4-23-18-11-14(10-13(2)19(21)22)8-9-17(18)15-6-5-7-16(12-15)20-3/h5-12,20H,4H2,1-3H3,(H,21,22)/b13-10+. The van der Waals surface area contributed by atoms with Gasteiger partial charge in [0.05, 0.1) is 6.61 Å². The summed E-state index contributed by atoms with van der Waals surface area (Å²) in [6.45, 7) is 4.05. The quantitative estimate of drug-likeness (QED) is 0.782. The lowest BCUT2D eigenvalue weighted by molar-refractivity contribution is -0.132. The Balaban J connectivity index is 2.47. The van der Waals surface area contributed by atoms with Gasteiger partial charge in [-0.25, -0.2) is 4.79 Å². The van der Waals surface area contributed by atoms with E-state index in [9.17, 15) is 4.79 Å². The number of nitrogens with one attached hydrogen (secondary N) is 1. The van der Waals surface area contributed by atoms with E-state index in [-0.39, 0.29) is 5.57 Å². The van der Waals surface area contributed by atoms with Gasteiger partial charge in [-0.05, 0) is 49.2 Å². The first kappa shape index (κ1) is 16.6. The minimum absolute atomic E-state index is 0.289. The minimum Gasteiger partial charge on any atom is -0.493 e. The molecular formula is C19H21NO3. The molecular weight excluding hydrogens is 290 g/mol. The topological polar surface area (TPSA) is 58.6 Å². The van der Waals surface area contributed by atoms with Crippen molar-refractivity contribution in [1.82, 2.24) is 0 Å². The van der Waals surface area contributed by atoms with Crippen molar-refractivity contribution in [2.24, 2.45) is 0 Å². The highest BCUT2D eigenvalue weighted by Gasteiger charge is 2.09. The Kier molecular flexibility index (Phi) is 5.41. The first-order valence-electron chi connectivity index (χ1n) is 7.51. The molecule has 2 aromatic carbocycles. The largest absolute Gasteiger partial charge is 0.493 e. The zero-order valence-corrected chi connectivity index (χ0v) is 13.6. The van der Waals surface area contributed by atoms with Gasteiger partial charge in [0.15, 0.2) is 0 Å². The van der Waals surface area contributed by atoms with Gasteiger partial charge in [0, 0.05) is 23.9 Å². The van der Waals surface area contributed by atoms with Crippen molar-refractivity contribution in [3.63, 3.8) is 0 Å². The molecule has 2 rings (SSSR count). The van der Waals surface area contributed by atoms with E-state index in [1.54, 1.807) is 13.0 Å². The van der Waals surface area contributed by atoms with Crippen LogP contribution < -0.4 is 10.1 Å². The second kappa shape index (κ2) is 7.49. The number of aliphatic carboxylic acids is 1. The number of hydrogen-bond donors (Lipinski definition) is 2. The average Bonchev–Trinajstić information content (AvgIpc) is 2.55. The summed E-state index contributed by atoms with van der Waals surface area (Å²) in [5.41, 5.74) is 4.15. The van der Waals surface area contributed by atoms with Gasteiger partial charge in [0.25, 0.3) is 0 Å². The number of hydrogen-bond acceptors (Lipinski definition) is 3. The predicted octanol–water partition coefficient (Wildman–Crippen LogP) is 4.28. The number of carboxylic acids is 1. The van der Waals surface area contributed by atoms with E-state index in [0.717, 1.165) is 28.1 Å². The molecule has 2 N–H and O–H groups in total. The lowest BCUT2D eigenvalue weighted by Crippen LogP contribution is -1.97. The van der Waals surface area contributed by atoms with Crippen molar-refractivity contribution in [2.75, 3.05) is 19.0 Å². The lowest BCUT2D eigenvalue weighted by Gasteiger charge is -2.12. The van der Waals surface area contributed by atoms with Gasteiger partial charge in [0.2, 0.25) is 0 Å². The maximum Gasteiger partial charge on any atom is 0.331 e. The number of carbonyl (C=O) groups is 1. The summed E-state index contributed by atoms with van der Waals surface area (Å²) in [7, 11) is 1.88. The summed E-state index contributed by atoms with van der Waals surface area (Å²) in [6.07, 6.45) is 1.64. The maximum absolute atomic E-state index is 11.0. The Bertz CT molecular complexity index is 735. The molecule has 0 radical (unpaired) electrons. The fraction of sp³-hybridized carbons (Fsp3) is 0.211. The van der Waals surface area contributed by atoms with E-state index in [1.165, 1.54) is 0 Å². The second-order valence-corrected chi connectivity index (χ2v) is 5.15. The molecule has 0 atom stereocenters. The summed E-state index contributed by atoms with van der Waals surface area (Å²) in [6, 6.07) is 13.8. The zero-order valence-electron chi connectivity index (χ0n) is 13.6. The molecule has 120 valence electrons. The lowest BCUT2D eigenvalue weighted by atomic mass is 10.0. The normalized spacial score (nSPS) is 11.2. The summed E-state index contributed by atoms with van der Waals surface area (Å²) < 4.78 is 5.75. The van der Waals surface area contributed by atoms with Gasteiger partial charge in [0.1, 0.15) is 5.75 Å². The van der Waals surface area contributed by atoms with Crippen LogP contribution in [0.3, 0.4) is 0 Å². The Morgan fingerprint density at radius 3 is 2.70 bits per heavy atom. The molecule has 0 fully saturated rings. The summed E-state index contributed by atoms with van der Waals surface area (Å²) in [5.74, 6) is -0.179. The van der Waals surface area contributed by atoms with Crippen molar-refractivity contribution in [3.8, 4) is 16.9 Å². The molecule has 0 amide bonds. The van der Waals surface area contributed by atoms with E-state index in [0.29, 0.717) is 6.61 Å². The molecule has 2 aromatic rings. The molecule has 0 saturated carbocycles. The first-order valence-corrected chi connectivity index (χ1v) is 7.51. The molecule has 0 heterocycles. The third-order valence-corrected chi connectivity index (χ3v) is 3.49. The van der Waals surface area contributed by atoms with Crippen LogP contribution in [0.25, 0.3) is 17.2 Å². The SMILES string of the molecule is CCOc1cc(/C=C(\C)C(=O)O)ccc1-c1cccc(NC)c1. The molecule has 0 aliphatic carbocycles. The van der Waals surface area contributed by atoms with Crippen molar-refractivity contribution < 1.29 is 14.6 Å². The van der Waals surface area contributed by atoms with Crippen LogP contribution in [0.4, 0.5) is 5.69 Å². The molecule has 0 aliphatic rings. The number of benzene rings is 2. The van der Waals surface area contributed by atoms with Gasteiger partial charge in [-0.3, -0.25) is 0 Å². The van der Waals surface area contributed by atoms with E-state index in [2.05, 4.69) is 11.4 Å². The fourth-order valence-electron chi connectivity index (χ4n) is 2.30. The van der Waals surface area contributed by atoms with Crippen molar-refractivity contribution in [3.05, 3.63) is 53.6 Å². The number of carboxylic acid groups (broad SMARTS) is 1. The van der Waals surface area contributed by atoms with Gasteiger partial charge in [-0.15, -0.1) is 0 Å². The van der Waals surface area contributed by atoms with Crippen LogP contribution in [-0.4, -0.2) is 24.7 Å². The van der Waals surface area contributed by atoms with Crippen molar-refractivity contribution in [2.45, 2.75) is 13.8 Å². The predicted molar refractivity (Wildman–Crippen MR) is 93.9 cm³/mol. The molecule has 23 heavy (non-hydrogen) atoms. The van der Waals surface area contributed by atoms with Crippen LogP contribution in [0.15, 0.2) is 48.0 Å². The highest BCUT2D eigenvalue weighted by atomic mass is 16.5. The van der Waals surface area contributed by atoms with E-state index >= 15 is 0 Å². The van der Waals surface area contributed by atoms with Crippen LogP contribution in [0.5, 0.6) is 5.75 Å². The number of ether oxygens (including phenoxy) is 1. The highest BCUT2D eigenvalue weighted by Crippen LogP contribution is 2.33. The second-order valence-electron chi connectivity index (χ2n) is 5.15. The maximum atomic E-state index is 11.0. The third kappa shape index (κ3) is 4.13. The zero-order chi connectivity index (χ0) is 16.8. The minimum atomic E-state index is -0.922. The van der Waals surface area contributed by atoms with Gasteiger partial charge < -0.3 is 15.2 Å². The molecule has 0 aliphatic heterocycles. The van der Waals surface area contributed by atoms with Crippen LogP contribution in [0, 0.1) is 0 Å². The molecule has 4 heteroatoms. The molecule has 0 aromatic heterocycles. The Morgan fingerprint density at radius 1 is 1.26 bits per heavy atom. The van der Waals surface area contributed by atoms with Crippen LogP contribution in [0.1, 0.15) is 19.4 Å². The Hall–Kier alpha value is -2.75. The van der Waals surface area contributed by atoms with Gasteiger partial charge in [-0.2, -0.15) is 0 Å². The van der Waals surface area contributed by atoms with Gasteiger partial charge >= 0.3 is 5.97 Å². The summed E-state index contributed by atoms with van der Waals surface area (Å²) in [4.78, 5) is 11.0. The molecule has 0 bridgehead atoms. The monoisotopic (exact) mass is 311 g/mol. The molecule has 0 unspecified atom stereocenters. The summed E-state index contributed by atoms with van der Waals surface area (Å²) in [5, 5.41) is 12.1. The fourth-order valence-corrected chi connectivity index (χ4v) is 2.30. The third-order valence-electron chi connectivity index (χ3n) is 3.49. The van der Waals surface area contributed by atoms with Crippen LogP contribution in [0.2, 0.25) is 0 Å². The van der Waals surface area contributed by atoms with E-state index in [4.69, 9.17) is 9.84 Å². The van der Waals surface area contributed by atoms with Gasteiger partial charge in [-0.1, -0.05) is 24.3 Å². The first-order chi connectivity index (χ1) is 11.0. The van der Waals surface area contributed by atoms with E-state index < -0.39 is 5.97 Å². The smallest absolute Gasteiger partial charge is 0.331 e. The molecule has 0 spiro atoms. The number of rotatable bonds is 6. The molecule has 0 saturated heterocycles. The Morgan fingerprint density at radius 2 is 2.04 bits per heavy atom. The van der Waals surface area contributed by atoms with E-state index in [1.807, 2.05) is 50.4 Å². The van der Waals surface area contributed by atoms with Crippen molar-refractivity contribution >= 4 is 17.7 Å².